The van der Waals surface area contributed by atoms with E-state index in [9.17, 15) is 9.59 Å². The number of rotatable bonds is 4. The van der Waals surface area contributed by atoms with Crippen molar-refractivity contribution in [1.29, 1.82) is 0 Å². The fourth-order valence-corrected chi connectivity index (χ4v) is 2.32. The Labute approximate surface area is 125 Å². The minimum Gasteiger partial charge on any atom is -0.384 e. The zero-order valence-electron chi connectivity index (χ0n) is 12.9. The molecule has 2 amide bonds. The first-order chi connectivity index (χ1) is 9.85. The van der Waals surface area contributed by atoms with E-state index < -0.39 is 0 Å². The van der Waals surface area contributed by atoms with Crippen LogP contribution in [-0.2, 0) is 11.2 Å². The molecule has 5 nitrogen and oxygen atoms in total. The van der Waals surface area contributed by atoms with Crippen LogP contribution in [0.2, 0.25) is 0 Å². The van der Waals surface area contributed by atoms with Crippen LogP contribution in [0.25, 0.3) is 0 Å². The summed E-state index contributed by atoms with van der Waals surface area (Å²) in [5.74, 6) is -0.186. The smallest absolute Gasteiger partial charge is 0.251 e. The molecule has 0 aromatic heterocycles. The van der Waals surface area contributed by atoms with Crippen molar-refractivity contribution in [3.05, 3.63) is 29.3 Å². The van der Waals surface area contributed by atoms with E-state index in [1.807, 2.05) is 39.0 Å². The van der Waals surface area contributed by atoms with Gasteiger partial charge in [0, 0.05) is 36.3 Å². The third-order valence-electron chi connectivity index (χ3n) is 3.23. The van der Waals surface area contributed by atoms with Gasteiger partial charge in [0.15, 0.2) is 0 Å². The van der Waals surface area contributed by atoms with Gasteiger partial charge in [-0.3, -0.25) is 9.59 Å². The van der Waals surface area contributed by atoms with E-state index in [1.165, 1.54) is 5.56 Å². The highest BCUT2D eigenvalue weighted by molar-refractivity contribution is 5.95. The molecule has 0 saturated carbocycles. The minimum atomic E-state index is -0.242. The van der Waals surface area contributed by atoms with Crippen LogP contribution in [0.5, 0.6) is 0 Å². The zero-order valence-corrected chi connectivity index (χ0v) is 12.9. The number of hydrogen-bond donors (Lipinski definition) is 3. The molecule has 0 unspecified atom stereocenters. The highest BCUT2D eigenvalue weighted by atomic mass is 16.2. The van der Waals surface area contributed by atoms with E-state index in [0.717, 1.165) is 18.7 Å². The summed E-state index contributed by atoms with van der Waals surface area (Å²) in [7, 11) is 0. The number of hydrogen-bond acceptors (Lipinski definition) is 3. The first kappa shape index (κ1) is 15.4. The van der Waals surface area contributed by atoms with E-state index >= 15 is 0 Å². The number of amides is 2. The summed E-state index contributed by atoms with van der Waals surface area (Å²) in [5.41, 5.74) is 2.69. The average molecular weight is 289 g/mol. The second kappa shape index (κ2) is 6.16. The highest BCUT2D eigenvalue weighted by Crippen LogP contribution is 2.22. The molecule has 114 valence electrons. The molecule has 0 saturated heterocycles. The SMILES string of the molecule is CC(C)(C)NC(=O)CCNC(=O)c1ccc2c(c1)CCN2. The third kappa shape index (κ3) is 4.48. The van der Waals surface area contributed by atoms with Crippen molar-refractivity contribution < 1.29 is 9.59 Å². The maximum atomic E-state index is 12.0. The molecule has 0 radical (unpaired) electrons. The topological polar surface area (TPSA) is 70.2 Å². The number of nitrogens with one attached hydrogen (secondary N) is 3. The quantitative estimate of drug-likeness (QED) is 0.790. The third-order valence-corrected chi connectivity index (χ3v) is 3.23. The molecule has 0 spiro atoms. The van der Waals surface area contributed by atoms with Gasteiger partial charge >= 0.3 is 0 Å². The van der Waals surface area contributed by atoms with Gasteiger partial charge in [-0.15, -0.1) is 0 Å². The van der Waals surface area contributed by atoms with Gasteiger partial charge in [-0.05, 0) is 51.0 Å². The van der Waals surface area contributed by atoms with Crippen LogP contribution in [0, 0.1) is 0 Å². The number of carbonyl (C=O) groups excluding carboxylic acids is 2. The lowest BCUT2D eigenvalue weighted by molar-refractivity contribution is -0.122. The van der Waals surface area contributed by atoms with Crippen molar-refractivity contribution in [2.24, 2.45) is 0 Å². The lowest BCUT2D eigenvalue weighted by atomic mass is 10.1. The molecule has 0 fully saturated rings. The molecule has 1 aromatic rings. The standard InChI is InChI=1S/C16H23N3O2/c1-16(2,3)19-14(20)7-9-18-15(21)12-4-5-13-11(10-12)6-8-17-13/h4-5,10,17H,6-9H2,1-3H3,(H,18,21)(H,19,20). The van der Waals surface area contributed by atoms with Crippen LogP contribution in [0.3, 0.4) is 0 Å². The summed E-state index contributed by atoms with van der Waals surface area (Å²) in [4.78, 5) is 23.7. The monoisotopic (exact) mass is 289 g/mol. The minimum absolute atomic E-state index is 0.0547. The van der Waals surface area contributed by atoms with Gasteiger partial charge < -0.3 is 16.0 Å². The van der Waals surface area contributed by atoms with E-state index in [4.69, 9.17) is 0 Å². The fourth-order valence-electron chi connectivity index (χ4n) is 2.32. The zero-order chi connectivity index (χ0) is 15.5. The molecule has 1 heterocycles. The van der Waals surface area contributed by atoms with Crippen molar-refractivity contribution >= 4 is 17.5 Å². The highest BCUT2D eigenvalue weighted by Gasteiger charge is 2.15. The Morgan fingerprint density at radius 2 is 2.05 bits per heavy atom. The number of carbonyl (C=O) groups is 2. The largest absolute Gasteiger partial charge is 0.384 e. The van der Waals surface area contributed by atoms with E-state index in [0.29, 0.717) is 12.1 Å². The molecule has 0 atom stereocenters. The van der Waals surface area contributed by atoms with Crippen LogP contribution in [0.4, 0.5) is 5.69 Å². The van der Waals surface area contributed by atoms with Crippen LogP contribution >= 0.6 is 0 Å². The molecule has 1 aliphatic rings. The summed E-state index contributed by atoms with van der Waals surface area (Å²) in [5, 5.41) is 8.92. The Morgan fingerprint density at radius 3 is 2.76 bits per heavy atom. The Morgan fingerprint density at radius 1 is 1.29 bits per heavy atom. The molecule has 5 heteroatoms. The molecular weight excluding hydrogens is 266 g/mol. The Kier molecular flexibility index (Phi) is 4.50. The normalized spacial score (nSPS) is 13.3. The number of benzene rings is 1. The molecule has 3 N–H and O–H groups in total. The predicted molar refractivity (Wildman–Crippen MR) is 83.5 cm³/mol. The van der Waals surface area contributed by atoms with E-state index in [-0.39, 0.29) is 23.8 Å². The molecule has 21 heavy (non-hydrogen) atoms. The van der Waals surface area contributed by atoms with Crippen molar-refractivity contribution in [3.8, 4) is 0 Å². The molecule has 0 bridgehead atoms. The van der Waals surface area contributed by atoms with Gasteiger partial charge in [-0.25, -0.2) is 0 Å². The maximum Gasteiger partial charge on any atom is 0.251 e. The van der Waals surface area contributed by atoms with Crippen molar-refractivity contribution in [1.82, 2.24) is 10.6 Å². The molecule has 1 aromatic carbocycles. The molecule has 2 rings (SSSR count). The van der Waals surface area contributed by atoms with Crippen molar-refractivity contribution in [2.75, 3.05) is 18.4 Å². The Bertz CT molecular complexity index is 547. The lowest BCUT2D eigenvalue weighted by Gasteiger charge is -2.20. The Hall–Kier alpha value is -2.04. The van der Waals surface area contributed by atoms with E-state index in [1.54, 1.807) is 0 Å². The second-order valence-electron chi connectivity index (χ2n) is 6.35. The van der Waals surface area contributed by atoms with Crippen LogP contribution in [-0.4, -0.2) is 30.4 Å². The van der Waals surface area contributed by atoms with Crippen molar-refractivity contribution in [2.45, 2.75) is 39.2 Å². The summed E-state index contributed by atoms with van der Waals surface area (Å²) in [6.45, 7) is 7.07. The van der Waals surface area contributed by atoms with Gasteiger partial charge in [0.2, 0.25) is 5.91 Å². The lowest BCUT2D eigenvalue weighted by Crippen LogP contribution is -2.41. The van der Waals surface area contributed by atoms with Crippen LogP contribution in [0.1, 0.15) is 43.1 Å². The molecule has 1 aliphatic heterocycles. The number of anilines is 1. The summed E-state index contributed by atoms with van der Waals surface area (Å²) in [6, 6.07) is 5.66. The van der Waals surface area contributed by atoms with Gasteiger partial charge in [-0.2, -0.15) is 0 Å². The number of fused-ring (bicyclic) bond motifs is 1. The van der Waals surface area contributed by atoms with Gasteiger partial charge in [-0.1, -0.05) is 0 Å². The first-order valence-corrected chi connectivity index (χ1v) is 7.31. The summed E-state index contributed by atoms with van der Waals surface area (Å²) < 4.78 is 0. The maximum absolute atomic E-state index is 12.0. The fraction of sp³-hybridized carbons (Fsp3) is 0.500. The van der Waals surface area contributed by atoms with E-state index in [2.05, 4.69) is 16.0 Å². The van der Waals surface area contributed by atoms with Gasteiger partial charge in [0.1, 0.15) is 0 Å². The first-order valence-electron chi connectivity index (χ1n) is 7.31. The second-order valence-corrected chi connectivity index (χ2v) is 6.35. The Balaban J connectivity index is 1.81. The molecular formula is C16H23N3O2. The predicted octanol–water partition coefficient (Wildman–Crippen LogP) is 1.69. The summed E-state index contributed by atoms with van der Waals surface area (Å²) in [6.07, 6.45) is 1.24. The van der Waals surface area contributed by atoms with Gasteiger partial charge in [0.25, 0.3) is 5.91 Å². The van der Waals surface area contributed by atoms with Crippen molar-refractivity contribution in [3.63, 3.8) is 0 Å². The summed E-state index contributed by atoms with van der Waals surface area (Å²) >= 11 is 0. The molecule has 0 aliphatic carbocycles. The van der Waals surface area contributed by atoms with Crippen LogP contribution in [0.15, 0.2) is 18.2 Å². The van der Waals surface area contributed by atoms with Gasteiger partial charge in [0.05, 0.1) is 0 Å². The average Bonchev–Trinajstić information content (AvgIpc) is 2.83. The van der Waals surface area contributed by atoms with Crippen LogP contribution < -0.4 is 16.0 Å².